The van der Waals surface area contributed by atoms with Crippen molar-refractivity contribution in [2.24, 2.45) is 21.9 Å². The lowest BCUT2D eigenvalue weighted by Crippen LogP contribution is -2.26. The van der Waals surface area contributed by atoms with Crippen LogP contribution in [0.15, 0.2) is 22.3 Å². The first-order chi connectivity index (χ1) is 8.65. The highest BCUT2D eigenvalue weighted by Crippen LogP contribution is 2.40. The van der Waals surface area contributed by atoms with Crippen LogP contribution in [0.3, 0.4) is 0 Å². The molecule has 0 radical (unpaired) electrons. The van der Waals surface area contributed by atoms with E-state index in [0.717, 1.165) is 17.7 Å². The zero-order chi connectivity index (χ0) is 12.7. The third-order valence-corrected chi connectivity index (χ3v) is 3.33. The quantitative estimate of drug-likeness (QED) is 0.846. The number of hydrogen-bond acceptors (Lipinski definition) is 5. The SMILES string of the molecule is CC1CC(c2cc(Cl)c3c(c2)OCO3)=NN=C1N. The summed E-state index contributed by atoms with van der Waals surface area (Å²) in [4.78, 5) is 0. The predicted molar refractivity (Wildman–Crippen MR) is 69.5 cm³/mol. The maximum Gasteiger partial charge on any atom is 0.231 e. The zero-order valence-corrected chi connectivity index (χ0v) is 10.6. The van der Waals surface area contributed by atoms with E-state index in [1.165, 1.54) is 0 Å². The van der Waals surface area contributed by atoms with E-state index in [4.69, 9.17) is 26.8 Å². The van der Waals surface area contributed by atoms with Crippen LogP contribution in [0.5, 0.6) is 11.5 Å². The van der Waals surface area contributed by atoms with E-state index in [1.54, 1.807) is 0 Å². The highest BCUT2D eigenvalue weighted by molar-refractivity contribution is 6.32. The van der Waals surface area contributed by atoms with Crippen molar-refractivity contribution in [2.45, 2.75) is 13.3 Å². The lowest BCUT2D eigenvalue weighted by Gasteiger charge is -2.16. The summed E-state index contributed by atoms with van der Waals surface area (Å²) in [5.41, 5.74) is 7.46. The number of rotatable bonds is 1. The van der Waals surface area contributed by atoms with Crippen molar-refractivity contribution in [1.82, 2.24) is 0 Å². The van der Waals surface area contributed by atoms with Crippen LogP contribution in [0.25, 0.3) is 0 Å². The van der Waals surface area contributed by atoms with E-state index in [0.29, 0.717) is 22.4 Å². The minimum atomic E-state index is 0.182. The van der Waals surface area contributed by atoms with Gasteiger partial charge in [0, 0.05) is 17.9 Å². The van der Waals surface area contributed by atoms with Gasteiger partial charge in [-0.3, -0.25) is 0 Å². The van der Waals surface area contributed by atoms with Crippen molar-refractivity contribution in [3.63, 3.8) is 0 Å². The molecule has 94 valence electrons. The normalized spacial score (nSPS) is 21.6. The highest BCUT2D eigenvalue weighted by atomic mass is 35.5. The van der Waals surface area contributed by atoms with Crippen molar-refractivity contribution < 1.29 is 9.47 Å². The van der Waals surface area contributed by atoms with Gasteiger partial charge in [0.2, 0.25) is 6.79 Å². The molecule has 2 N–H and O–H groups in total. The van der Waals surface area contributed by atoms with Crippen LogP contribution in [-0.4, -0.2) is 18.3 Å². The monoisotopic (exact) mass is 265 g/mol. The highest BCUT2D eigenvalue weighted by Gasteiger charge is 2.22. The van der Waals surface area contributed by atoms with Crippen molar-refractivity contribution >= 4 is 23.1 Å². The van der Waals surface area contributed by atoms with Gasteiger partial charge in [-0.1, -0.05) is 18.5 Å². The first kappa shape index (κ1) is 11.3. The number of nitrogens with zero attached hydrogens (tertiary/aromatic N) is 2. The Morgan fingerprint density at radius 2 is 2.17 bits per heavy atom. The van der Waals surface area contributed by atoms with E-state index in [2.05, 4.69) is 10.2 Å². The molecular formula is C12H12ClN3O2. The topological polar surface area (TPSA) is 69.2 Å². The van der Waals surface area contributed by atoms with E-state index in [-0.39, 0.29) is 12.7 Å². The second-order valence-corrected chi connectivity index (χ2v) is 4.78. The lowest BCUT2D eigenvalue weighted by molar-refractivity contribution is 0.174. The van der Waals surface area contributed by atoms with Gasteiger partial charge in [0.15, 0.2) is 11.5 Å². The minimum absolute atomic E-state index is 0.182. The van der Waals surface area contributed by atoms with Crippen molar-refractivity contribution in [2.75, 3.05) is 6.79 Å². The van der Waals surface area contributed by atoms with E-state index in [1.807, 2.05) is 19.1 Å². The predicted octanol–water partition coefficient (Wildman–Crippen LogP) is 2.17. The van der Waals surface area contributed by atoms with Gasteiger partial charge in [-0.2, -0.15) is 5.10 Å². The summed E-state index contributed by atoms with van der Waals surface area (Å²) in [5, 5.41) is 8.61. The third kappa shape index (κ3) is 1.80. The molecule has 0 saturated heterocycles. The standard InChI is InChI=1S/C12H12ClN3O2/c1-6-2-9(15-16-12(6)14)7-3-8(13)11-10(4-7)17-5-18-11/h3-4,6H,2,5H2,1H3,(H2,14,16). The van der Waals surface area contributed by atoms with Crippen LogP contribution < -0.4 is 15.2 Å². The van der Waals surface area contributed by atoms with Crippen LogP contribution in [0.4, 0.5) is 0 Å². The molecule has 6 heteroatoms. The Bertz CT molecular complexity index is 569. The molecule has 3 rings (SSSR count). The molecule has 1 unspecified atom stereocenters. The molecular weight excluding hydrogens is 254 g/mol. The van der Waals surface area contributed by atoms with Gasteiger partial charge in [0.1, 0.15) is 5.84 Å². The second-order valence-electron chi connectivity index (χ2n) is 4.37. The summed E-state index contributed by atoms with van der Waals surface area (Å²) in [5.74, 6) is 1.98. The molecule has 0 aliphatic carbocycles. The largest absolute Gasteiger partial charge is 0.454 e. The number of halogens is 1. The zero-order valence-electron chi connectivity index (χ0n) is 9.81. The average molecular weight is 266 g/mol. The number of hydrogen-bond donors (Lipinski definition) is 1. The van der Waals surface area contributed by atoms with Crippen LogP contribution >= 0.6 is 11.6 Å². The second kappa shape index (κ2) is 4.17. The van der Waals surface area contributed by atoms with Crippen LogP contribution in [0, 0.1) is 5.92 Å². The summed E-state index contributed by atoms with van der Waals surface area (Å²) in [7, 11) is 0. The molecule has 2 aliphatic rings. The molecule has 2 aliphatic heterocycles. The van der Waals surface area contributed by atoms with Crippen molar-refractivity contribution in [3.05, 3.63) is 22.7 Å². The van der Waals surface area contributed by atoms with E-state index < -0.39 is 0 Å². The van der Waals surface area contributed by atoms with Crippen molar-refractivity contribution in [3.8, 4) is 11.5 Å². The van der Waals surface area contributed by atoms with Gasteiger partial charge in [0.05, 0.1) is 10.7 Å². The molecule has 2 heterocycles. The summed E-state index contributed by atoms with van der Waals surface area (Å²) in [6.07, 6.45) is 0.741. The summed E-state index contributed by atoms with van der Waals surface area (Å²) >= 11 is 6.14. The molecule has 0 bridgehead atoms. The molecule has 0 saturated carbocycles. The van der Waals surface area contributed by atoms with Gasteiger partial charge in [-0.15, -0.1) is 5.10 Å². The van der Waals surface area contributed by atoms with E-state index in [9.17, 15) is 0 Å². The Balaban J connectivity index is 2.01. The molecule has 1 atom stereocenters. The van der Waals surface area contributed by atoms with Crippen LogP contribution in [0.2, 0.25) is 5.02 Å². The van der Waals surface area contributed by atoms with Gasteiger partial charge < -0.3 is 15.2 Å². The van der Waals surface area contributed by atoms with E-state index >= 15 is 0 Å². The molecule has 0 spiro atoms. The Hall–Kier alpha value is -1.75. The van der Waals surface area contributed by atoms with Gasteiger partial charge >= 0.3 is 0 Å². The smallest absolute Gasteiger partial charge is 0.231 e. The minimum Gasteiger partial charge on any atom is -0.454 e. The Morgan fingerprint density at radius 3 is 2.94 bits per heavy atom. The van der Waals surface area contributed by atoms with Crippen LogP contribution in [-0.2, 0) is 0 Å². The first-order valence-corrected chi connectivity index (χ1v) is 6.02. The Kier molecular flexibility index (Phi) is 2.63. The Labute approximate surface area is 109 Å². The van der Waals surface area contributed by atoms with Gasteiger partial charge in [-0.05, 0) is 12.1 Å². The molecule has 0 aromatic heterocycles. The number of benzene rings is 1. The number of fused-ring (bicyclic) bond motifs is 1. The van der Waals surface area contributed by atoms with Crippen LogP contribution in [0.1, 0.15) is 18.9 Å². The average Bonchev–Trinajstić information content (AvgIpc) is 2.81. The Morgan fingerprint density at radius 1 is 1.33 bits per heavy atom. The lowest BCUT2D eigenvalue weighted by atomic mass is 9.97. The molecule has 1 aromatic carbocycles. The number of nitrogens with two attached hydrogens (primary N) is 1. The molecule has 0 fully saturated rings. The maximum atomic E-state index is 6.14. The molecule has 18 heavy (non-hydrogen) atoms. The fourth-order valence-corrected chi connectivity index (χ4v) is 2.23. The third-order valence-electron chi connectivity index (χ3n) is 3.05. The first-order valence-electron chi connectivity index (χ1n) is 5.64. The number of ether oxygens (including phenoxy) is 2. The van der Waals surface area contributed by atoms with Gasteiger partial charge in [-0.25, -0.2) is 0 Å². The molecule has 5 nitrogen and oxygen atoms in total. The van der Waals surface area contributed by atoms with Crippen molar-refractivity contribution in [1.29, 1.82) is 0 Å². The molecule has 0 amide bonds. The summed E-state index contributed by atoms with van der Waals surface area (Å²) < 4.78 is 10.6. The fourth-order valence-electron chi connectivity index (χ4n) is 1.96. The maximum absolute atomic E-state index is 6.14. The van der Waals surface area contributed by atoms with Gasteiger partial charge in [0.25, 0.3) is 0 Å². The fraction of sp³-hybridized carbons (Fsp3) is 0.333. The number of amidine groups is 1. The summed E-state index contributed by atoms with van der Waals surface area (Å²) in [6.45, 7) is 2.22. The summed E-state index contributed by atoms with van der Waals surface area (Å²) in [6, 6.07) is 3.69. The molecule has 1 aromatic rings.